The zero-order valence-corrected chi connectivity index (χ0v) is 11.6. The molecule has 0 aliphatic carbocycles. The zero-order chi connectivity index (χ0) is 14.4. The third-order valence-corrected chi connectivity index (χ3v) is 3.37. The molecule has 0 spiro atoms. The van der Waals surface area contributed by atoms with Gasteiger partial charge in [-0.1, -0.05) is 11.8 Å². The number of aliphatic hydroxyl groups excluding tert-OH is 1. The zero-order valence-electron chi connectivity index (χ0n) is 11.6. The average molecular weight is 273 g/mol. The molecule has 0 radical (unpaired) electrons. The SMILES string of the molecule is Cc1cc(C(=O)NCC2CCOC2)ccc1C#CCO. The largest absolute Gasteiger partial charge is 0.384 e. The fourth-order valence-electron chi connectivity index (χ4n) is 2.16. The molecule has 106 valence electrons. The molecule has 20 heavy (non-hydrogen) atoms. The van der Waals surface area contributed by atoms with E-state index >= 15 is 0 Å². The van der Waals surface area contributed by atoms with Crippen LogP contribution in [0.4, 0.5) is 0 Å². The molecule has 0 bridgehead atoms. The highest BCUT2D eigenvalue weighted by atomic mass is 16.5. The first kappa shape index (κ1) is 14.6. The van der Waals surface area contributed by atoms with Crippen LogP contribution in [0, 0.1) is 24.7 Å². The molecular weight excluding hydrogens is 254 g/mol. The van der Waals surface area contributed by atoms with Gasteiger partial charge in [-0.05, 0) is 37.1 Å². The molecule has 1 aromatic rings. The van der Waals surface area contributed by atoms with E-state index in [-0.39, 0.29) is 12.5 Å². The quantitative estimate of drug-likeness (QED) is 0.811. The predicted molar refractivity (Wildman–Crippen MR) is 76.4 cm³/mol. The lowest BCUT2D eigenvalue weighted by Gasteiger charge is -2.10. The first-order chi connectivity index (χ1) is 9.70. The van der Waals surface area contributed by atoms with Crippen molar-refractivity contribution < 1.29 is 14.6 Å². The highest BCUT2D eigenvalue weighted by Crippen LogP contribution is 2.12. The Morgan fingerprint density at radius 2 is 2.40 bits per heavy atom. The van der Waals surface area contributed by atoms with Crippen molar-refractivity contribution in [3.8, 4) is 11.8 Å². The van der Waals surface area contributed by atoms with Crippen molar-refractivity contribution in [3.05, 3.63) is 34.9 Å². The van der Waals surface area contributed by atoms with E-state index < -0.39 is 0 Å². The molecule has 1 aromatic carbocycles. The van der Waals surface area contributed by atoms with Gasteiger partial charge < -0.3 is 15.2 Å². The molecule has 1 fully saturated rings. The number of carbonyl (C=O) groups is 1. The second kappa shape index (κ2) is 7.09. The standard InChI is InChI=1S/C16H19NO3/c1-12-9-15(5-4-14(12)3-2-7-18)16(19)17-10-13-6-8-20-11-13/h4-5,9,13,18H,6-8,10-11H2,1H3,(H,17,19). The Morgan fingerprint density at radius 3 is 3.05 bits per heavy atom. The van der Waals surface area contributed by atoms with Crippen molar-refractivity contribution in [1.82, 2.24) is 5.32 Å². The minimum absolute atomic E-state index is 0.0679. The molecule has 2 rings (SSSR count). The van der Waals surface area contributed by atoms with Crippen molar-refractivity contribution in [2.45, 2.75) is 13.3 Å². The van der Waals surface area contributed by atoms with Crippen LogP contribution in [0.1, 0.15) is 27.9 Å². The van der Waals surface area contributed by atoms with Crippen LogP contribution in [0.3, 0.4) is 0 Å². The third kappa shape index (κ3) is 3.83. The summed E-state index contributed by atoms with van der Waals surface area (Å²) in [5.41, 5.74) is 2.40. The summed E-state index contributed by atoms with van der Waals surface area (Å²) in [6, 6.07) is 5.39. The van der Waals surface area contributed by atoms with Gasteiger partial charge >= 0.3 is 0 Å². The van der Waals surface area contributed by atoms with Gasteiger partial charge in [0.05, 0.1) is 6.61 Å². The number of benzene rings is 1. The van der Waals surface area contributed by atoms with Crippen LogP contribution in [0.15, 0.2) is 18.2 Å². The minimum Gasteiger partial charge on any atom is -0.384 e. The van der Waals surface area contributed by atoms with Gasteiger partial charge in [-0.15, -0.1) is 0 Å². The van der Waals surface area contributed by atoms with Crippen molar-refractivity contribution in [2.24, 2.45) is 5.92 Å². The lowest BCUT2D eigenvalue weighted by Crippen LogP contribution is -2.29. The Hall–Kier alpha value is -1.83. The minimum atomic E-state index is -0.162. The van der Waals surface area contributed by atoms with Crippen LogP contribution in [0.25, 0.3) is 0 Å². The lowest BCUT2D eigenvalue weighted by atomic mass is 10.0. The number of hydrogen-bond acceptors (Lipinski definition) is 3. The van der Waals surface area contributed by atoms with Crippen molar-refractivity contribution in [2.75, 3.05) is 26.4 Å². The van der Waals surface area contributed by atoms with Crippen LogP contribution in [-0.4, -0.2) is 37.4 Å². The van der Waals surface area contributed by atoms with Gasteiger partial charge in [0, 0.05) is 30.2 Å². The maximum atomic E-state index is 12.1. The monoisotopic (exact) mass is 273 g/mol. The van der Waals surface area contributed by atoms with Crippen LogP contribution >= 0.6 is 0 Å². The third-order valence-electron chi connectivity index (χ3n) is 3.37. The predicted octanol–water partition coefficient (Wildman–Crippen LogP) is 1.11. The maximum absolute atomic E-state index is 12.1. The van der Waals surface area contributed by atoms with E-state index in [1.165, 1.54) is 0 Å². The van der Waals surface area contributed by atoms with Gasteiger partial charge in [0.15, 0.2) is 0 Å². The first-order valence-electron chi connectivity index (χ1n) is 6.77. The van der Waals surface area contributed by atoms with E-state index in [1.807, 2.05) is 19.1 Å². The summed E-state index contributed by atoms with van der Waals surface area (Å²) >= 11 is 0. The van der Waals surface area contributed by atoms with Crippen molar-refractivity contribution in [1.29, 1.82) is 0 Å². The highest BCUT2D eigenvalue weighted by molar-refractivity contribution is 5.94. The number of amides is 1. The fourth-order valence-corrected chi connectivity index (χ4v) is 2.16. The summed E-state index contributed by atoms with van der Waals surface area (Å²) in [7, 11) is 0. The molecule has 4 heteroatoms. The van der Waals surface area contributed by atoms with E-state index in [4.69, 9.17) is 9.84 Å². The highest BCUT2D eigenvalue weighted by Gasteiger charge is 2.16. The maximum Gasteiger partial charge on any atom is 0.251 e. The van der Waals surface area contributed by atoms with Crippen molar-refractivity contribution >= 4 is 5.91 Å². The Morgan fingerprint density at radius 1 is 1.55 bits per heavy atom. The van der Waals surface area contributed by atoms with E-state index in [0.29, 0.717) is 18.0 Å². The molecule has 1 amide bonds. The molecule has 1 saturated heterocycles. The van der Waals surface area contributed by atoms with Gasteiger partial charge in [-0.2, -0.15) is 0 Å². The van der Waals surface area contributed by atoms with E-state index in [2.05, 4.69) is 17.2 Å². The number of ether oxygens (including phenoxy) is 1. The topological polar surface area (TPSA) is 58.6 Å². The molecule has 1 unspecified atom stereocenters. The lowest BCUT2D eigenvalue weighted by molar-refractivity contribution is 0.0945. The molecule has 2 N–H and O–H groups in total. The number of aryl methyl sites for hydroxylation is 1. The summed E-state index contributed by atoms with van der Waals surface area (Å²) in [4.78, 5) is 12.1. The van der Waals surface area contributed by atoms with E-state index in [1.54, 1.807) is 6.07 Å². The second-order valence-electron chi connectivity index (χ2n) is 4.93. The van der Waals surface area contributed by atoms with Crippen LogP contribution < -0.4 is 5.32 Å². The second-order valence-corrected chi connectivity index (χ2v) is 4.93. The normalized spacial score (nSPS) is 17.4. The number of aliphatic hydroxyl groups is 1. The number of carbonyl (C=O) groups excluding carboxylic acids is 1. The van der Waals surface area contributed by atoms with Gasteiger partial charge in [-0.25, -0.2) is 0 Å². The summed E-state index contributed by atoms with van der Waals surface area (Å²) in [6.45, 7) is 3.92. The van der Waals surface area contributed by atoms with E-state index in [0.717, 1.165) is 30.8 Å². The van der Waals surface area contributed by atoms with Gasteiger partial charge in [0.1, 0.15) is 6.61 Å². The Bertz CT molecular complexity index is 536. The van der Waals surface area contributed by atoms with Gasteiger partial charge in [-0.3, -0.25) is 4.79 Å². The summed E-state index contributed by atoms with van der Waals surface area (Å²) in [6.07, 6.45) is 1.01. The number of hydrogen-bond donors (Lipinski definition) is 2. The average Bonchev–Trinajstić information content (AvgIpc) is 2.96. The summed E-state index contributed by atoms with van der Waals surface area (Å²) < 4.78 is 5.28. The Balaban J connectivity index is 1.97. The number of nitrogens with one attached hydrogen (secondary N) is 1. The summed E-state index contributed by atoms with van der Waals surface area (Å²) in [5.74, 6) is 5.82. The Kier molecular flexibility index (Phi) is 5.16. The first-order valence-corrected chi connectivity index (χ1v) is 6.77. The molecule has 0 aromatic heterocycles. The van der Waals surface area contributed by atoms with Crippen LogP contribution in [-0.2, 0) is 4.74 Å². The molecule has 1 aliphatic rings. The molecule has 4 nitrogen and oxygen atoms in total. The van der Waals surface area contributed by atoms with Crippen molar-refractivity contribution in [3.63, 3.8) is 0 Å². The molecule has 1 atom stereocenters. The van der Waals surface area contributed by atoms with E-state index in [9.17, 15) is 4.79 Å². The summed E-state index contributed by atoms with van der Waals surface area (Å²) in [5, 5.41) is 11.6. The van der Waals surface area contributed by atoms with Crippen LogP contribution in [0.2, 0.25) is 0 Å². The molecule has 1 heterocycles. The van der Waals surface area contributed by atoms with Gasteiger partial charge in [0.2, 0.25) is 0 Å². The molecular formula is C16H19NO3. The smallest absolute Gasteiger partial charge is 0.251 e. The Labute approximate surface area is 119 Å². The van der Waals surface area contributed by atoms with Crippen LogP contribution in [0.5, 0.6) is 0 Å². The number of rotatable bonds is 3. The molecule has 0 saturated carbocycles. The van der Waals surface area contributed by atoms with Gasteiger partial charge in [0.25, 0.3) is 5.91 Å². The fraction of sp³-hybridized carbons (Fsp3) is 0.438. The molecule has 1 aliphatic heterocycles.